The van der Waals surface area contributed by atoms with Crippen LogP contribution in [0.1, 0.15) is 47.9 Å². The third-order valence-electron chi connectivity index (χ3n) is 6.42. The van der Waals surface area contributed by atoms with Crippen LogP contribution in [0.4, 0.5) is 4.39 Å². The molecule has 172 valence electrons. The molecule has 2 heterocycles. The van der Waals surface area contributed by atoms with Gasteiger partial charge in [-0.3, -0.25) is 9.59 Å². The molecule has 4 nitrogen and oxygen atoms in total. The molecular weight excluding hydrogens is 435 g/mol. The predicted molar refractivity (Wildman–Crippen MR) is 130 cm³/mol. The number of nitrogens with zero attached hydrogens (tertiary/aromatic N) is 2. The van der Waals surface area contributed by atoms with E-state index in [2.05, 4.69) is 23.6 Å². The van der Waals surface area contributed by atoms with E-state index in [1.165, 1.54) is 22.6 Å². The largest absolute Gasteiger partial charge is 0.330 e. The van der Waals surface area contributed by atoms with E-state index in [0.29, 0.717) is 6.54 Å². The van der Waals surface area contributed by atoms with Crippen LogP contribution in [-0.4, -0.2) is 40.7 Å². The molecular formula is C27H29FN2O2S. The summed E-state index contributed by atoms with van der Waals surface area (Å²) >= 11 is 1.74. The lowest BCUT2D eigenvalue weighted by Crippen LogP contribution is -2.49. The van der Waals surface area contributed by atoms with Gasteiger partial charge in [0.2, 0.25) is 11.8 Å². The predicted octanol–water partition coefficient (Wildman–Crippen LogP) is 5.23. The maximum Gasteiger partial charge on any atom is 0.243 e. The van der Waals surface area contributed by atoms with Gasteiger partial charge in [0, 0.05) is 17.5 Å². The van der Waals surface area contributed by atoms with Crippen molar-refractivity contribution in [3.8, 4) is 0 Å². The molecule has 4 rings (SSSR count). The molecule has 0 N–H and O–H groups in total. The Bertz CT molecular complexity index is 1100. The van der Waals surface area contributed by atoms with Gasteiger partial charge in [0.15, 0.2) is 0 Å². The van der Waals surface area contributed by atoms with Gasteiger partial charge < -0.3 is 9.80 Å². The molecule has 1 aromatic heterocycles. The van der Waals surface area contributed by atoms with Crippen molar-refractivity contribution in [1.82, 2.24) is 9.80 Å². The summed E-state index contributed by atoms with van der Waals surface area (Å²) in [4.78, 5) is 31.7. The van der Waals surface area contributed by atoms with Crippen LogP contribution in [0.5, 0.6) is 0 Å². The molecule has 0 bridgehead atoms. The number of hydrogen-bond donors (Lipinski definition) is 0. The average molecular weight is 465 g/mol. The summed E-state index contributed by atoms with van der Waals surface area (Å²) in [5.41, 5.74) is 3.00. The van der Waals surface area contributed by atoms with E-state index < -0.39 is 0 Å². The molecule has 2 amide bonds. The monoisotopic (exact) mass is 464 g/mol. The van der Waals surface area contributed by atoms with Gasteiger partial charge in [-0.25, -0.2) is 4.39 Å². The van der Waals surface area contributed by atoms with E-state index >= 15 is 0 Å². The third-order valence-corrected chi connectivity index (χ3v) is 7.42. The molecule has 0 aliphatic carbocycles. The number of thiophene rings is 1. The van der Waals surface area contributed by atoms with Gasteiger partial charge in [0.1, 0.15) is 12.4 Å². The fraction of sp³-hybridized carbons (Fsp3) is 0.333. The highest BCUT2D eigenvalue weighted by Crippen LogP contribution is 2.37. The quantitative estimate of drug-likeness (QED) is 0.480. The number of rotatable bonds is 7. The van der Waals surface area contributed by atoms with Crippen LogP contribution in [0.15, 0.2) is 66.0 Å². The standard InChI is InChI=1S/C27H29FN2O2S/c1-3-19(2)30(25(31)17-20-9-11-22(28)12-10-20)18-26(32)29-15-13-24-23(14-16-33-24)27(29)21-7-5-4-6-8-21/h4-12,14,16,19,27H,3,13,15,17-18H2,1-2H3/t19-,27-/m1/s1. The van der Waals surface area contributed by atoms with Gasteiger partial charge in [-0.1, -0.05) is 49.4 Å². The van der Waals surface area contributed by atoms with Gasteiger partial charge in [-0.05, 0) is 60.0 Å². The van der Waals surface area contributed by atoms with Crippen molar-refractivity contribution >= 4 is 23.2 Å². The van der Waals surface area contributed by atoms with Crippen molar-refractivity contribution in [2.24, 2.45) is 0 Å². The zero-order chi connectivity index (χ0) is 23.4. The molecule has 2 atom stereocenters. The third kappa shape index (κ3) is 5.17. The van der Waals surface area contributed by atoms with Gasteiger partial charge in [-0.2, -0.15) is 0 Å². The Morgan fingerprint density at radius 1 is 1.12 bits per heavy atom. The highest BCUT2D eigenvalue weighted by molar-refractivity contribution is 7.10. The zero-order valence-corrected chi connectivity index (χ0v) is 19.9. The van der Waals surface area contributed by atoms with Crippen molar-refractivity contribution in [3.05, 3.63) is 93.4 Å². The van der Waals surface area contributed by atoms with E-state index in [0.717, 1.165) is 24.0 Å². The maximum atomic E-state index is 13.6. The SMILES string of the molecule is CC[C@@H](C)N(CC(=O)N1CCc2sccc2[C@H]1c1ccccc1)C(=O)Cc1ccc(F)cc1. The summed E-state index contributed by atoms with van der Waals surface area (Å²) in [5, 5.41) is 2.09. The summed E-state index contributed by atoms with van der Waals surface area (Å²) in [6.45, 7) is 4.65. The summed E-state index contributed by atoms with van der Waals surface area (Å²) < 4.78 is 13.3. The normalized spacial score (nSPS) is 16.2. The van der Waals surface area contributed by atoms with Crippen LogP contribution in [0.2, 0.25) is 0 Å². The number of amides is 2. The number of hydrogen-bond acceptors (Lipinski definition) is 3. The molecule has 33 heavy (non-hydrogen) atoms. The highest BCUT2D eigenvalue weighted by atomic mass is 32.1. The fourth-order valence-electron chi connectivity index (χ4n) is 4.41. The lowest BCUT2D eigenvalue weighted by molar-refractivity contribution is -0.143. The Morgan fingerprint density at radius 2 is 1.85 bits per heavy atom. The Kier molecular flexibility index (Phi) is 7.23. The van der Waals surface area contributed by atoms with Crippen LogP contribution in [0, 0.1) is 5.82 Å². The first kappa shape index (κ1) is 23.2. The summed E-state index contributed by atoms with van der Waals surface area (Å²) in [7, 11) is 0. The van der Waals surface area contributed by atoms with E-state index in [-0.39, 0.29) is 42.7 Å². The van der Waals surface area contributed by atoms with Crippen molar-refractivity contribution in [3.63, 3.8) is 0 Å². The number of carbonyl (C=O) groups is 2. The van der Waals surface area contributed by atoms with E-state index in [1.807, 2.05) is 36.9 Å². The van der Waals surface area contributed by atoms with E-state index in [1.54, 1.807) is 28.4 Å². The fourth-order valence-corrected chi connectivity index (χ4v) is 5.31. The lowest BCUT2D eigenvalue weighted by Gasteiger charge is -2.38. The number of carbonyl (C=O) groups excluding carboxylic acids is 2. The zero-order valence-electron chi connectivity index (χ0n) is 19.0. The van der Waals surface area contributed by atoms with Crippen LogP contribution >= 0.6 is 11.3 Å². The van der Waals surface area contributed by atoms with Gasteiger partial charge in [0.25, 0.3) is 0 Å². The van der Waals surface area contributed by atoms with Gasteiger partial charge in [0.05, 0.1) is 12.5 Å². The molecule has 1 aliphatic rings. The second kappa shape index (κ2) is 10.3. The molecule has 0 radical (unpaired) electrons. The smallest absolute Gasteiger partial charge is 0.243 e. The Labute approximate surface area is 198 Å². The van der Waals surface area contributed by atoms with E-state index in [4.69, 9.17) is 0 Å². The summed E-state index contributed by atoms with van der Waals surface area (Å²) in [6.07, 6.45) is 1.73. The Morgan fingerprint density at radius 3 is 2.55 bits per heavy atom. The lowest BCUT2D eigenvalue weighted by atomic mass is 9.93. The second-order valence-electron chi connectivity index (χ2n) is 8.53. The first-order chi connectivity index (χ1) is 16.0. The number of fused-ring (bicyclic) bond motifs is 1. The van der Waals surface area contributed by atoms with Crippen LogP contribution in [-0.2, 0) is 22.4 Å². The minimum Gasteiger partial charge on any atom is -0.330 e. The highest BCUT2D eigenvalue weighted by Gasteiger charge is 2.34. The van der Waals surface area contributed by atoms with Crippen LogP contribution in [0.25, 0.3) is 0 Å². The Hall–Kier alpha value is -2.99. The molecule has 1 aliphatic heterocycles. The number of halogens is 1. The van der Waals surface area contributed by atoms with Crippen LogP contribution in [0.3, 0.4) is 0 Å². The molecule has 0 unspecified atom stereocenters. The molecule has 0 saturated carbocycles. The van der Waals surface area contributed by atoms with Crippen LogP contribution < -0.4 is 0 Å². The minimum atomic E-state index is -0.329. The molecule has 0 spiro atoms. The average Bonchev–Trinajstić information content (AvgIpc) is 3.32. The molecule has 0 fully saturated rings. The van der Waals surface area contributed by atoms with Crippen molar-refractivity contribution in [1.29, 1.82) is 0 Å². The molecule has 3 aromatic rings. The van der Waals surface area contributed by atoms with Crippen molar-refractivity contribution in [2.75, 3.05) is 13.1 Å². The first-order valence-corrected chi connectivity index (χ1v) is 12.3. The van der Waals surface area contributed by atoms with Gasteiger partial charge in [-0.15, -0.1) is 11.3 Å². The van der Waals surface area contributed by atoms with Gasteiger partial charge >= 0.3 is 0 Å². The molecule has 6 heteroatoms. The molecule has 0 saturated heterocycles. The van der Waals surface area contributed by atoms with Crippen molar-refractivity contribution in [2.45, 2.75) is 45.2 Å². The van der Waals surface area contributed by atoms with E-state index in [9.17, 15) is 14.0 Å². The summed E-state index contributed by atoms with van der Waals surface area (Å²) in [6, 6.07) is 18.0. The second-order valence-corrected chi connectivity index (χ2v) is 9.53. The summed E-state index contributed by atoms with van der Waals surface area (Å²) in [5.74, 6) is -0.493. The molecule has 2 aromatic carbocycles. The van der Waals surface area contributed by atoms with Crippen molar-refractivity contribution < 1.29 is 14.0 Å². The first-order valence-electron chi connectivity index (χ1n) is 11.4. The number of benzene rings is 2. The maximum absolute atomic E-state index is 13.6. The topological polar surface area (TPSA) is 40.6 Å². The Balaban J connectivity index is 1.56. The minimum absolute atomic E-state index is 0.0395.